The highest BCUT2D eigenvalue weighted by Crippen LogP contribution is 2.35. The number of carbonyl (C=O) groups is 1. The van der Waals surface area contributed by atoms with Crippen molar-refractivity contribution in [2.75, 3.05) is 19.8 Å². The number of ether oxygens (including phenoxy) is 1. The lowest BCUT2D eigenvalue weighted by Crippen LogP contribution is -2.23. The highest BCUT2D eigenvalue weighted by atomic mass is 35.5. The average molecular weight is 324 g/mol. The molecule has 1 N–H and O–H groups in total. The largest absolute Gasteiger partial charge is 0.382 e. The zero-order chi connectivity index (χ0) is 15.1. The van der Waals surface area contributed by atoms with Crippen LogP contribution in [0.4, 0.5) is 0 Å². The van der Waals surface area contributed by atoms with Crippen molar-refractivity contribution in [3.63, 3.8) is 0 Å². The number of amides is 1. The van der Waals surface area contributed by atoms with Gasteiger partial charge in [-0.25, -0.2) is 0 Å². The molecule has 1 aromatic carbocycles. The van der Waals surface area contributed by atoms with Gasteiger partial charge in [0.25, 0.3) is 0 Å². The predicted octanol–water partition coefficient (Wildman–Crippen LogP) is 4.11. The fraction of sp³-hybridized carbons (Fsp3) is 0.312. The Hall–Kier alpha value is -1.36. The van der Waals surface area contributed by atoms with Crippen molar-refractivity contribution in [3.05, 3.63) is 40.2 Å². The molecule has 1 amide bonds. The summed E-state index contributed by atoms with van der Waals surface area (Å²) < 4.78 is 6.33. The van der Waals surface area contributed by atoms with Crippen molar-refractivity contribution < 1.29 is 9.53 Å². The number of nitrogens with one attached hydrogen (secondary N) is 1. The van der Waals surface area contributed by atoms with E-state index >= 15 is 0 Å². The predicted molar refractivity (Wildman–Crippen MR) is 90.0 cm³/mol. The SMILES string of the molecule is CCOCCCNC(=O)C=Cc1sc2ccccc2c1Cl. The maximum absolute atomic E-state index is 11.7. The van der Waals surface area contributed by atoms with Gasteiger partial charge in [-0.15, -0.1) is 11.3 Å². The second-order valence-corrected chi connectivity index (χ2v) is 5.91. The summed E-state index contributed by atoms with van der Waals surface area (Å²) in [6.45, 7) is 3.94. The van der Waals surface area contributed by atoms with Gasteiger partial charge in [0.1, 0.15) is 0 Å². The van der Waals surface area contributed by atoms with Crippen LogP contribution in [0, 0.1) is 0 Å². The molecule has 0 saturated carbocycles. The second kappa shape index (κ2) is 8.17. The third kappa shape index (κ3) is 4.56. The molecule has 0 bridgehead atoms. The lowest BCUT2D eigenvalue weighted by molar-refractivity contribution is -0.116. The topological polar surface area (TPSA) is 38.3 Å². The molecule has 0 spiro atoms. The van der Waals surface area contributed by atoms with Crippen LogP contribution in [0.1, 0.15) is 18.2 Å². The first-order chi connectivity index (χ1) is 10.2. The van der Waals surface area contributed by atoms with E-state index in [4.69, 9.17) is 16.3 Å². The van der Waals surface area contributed by atoms with Crippen molar-refractivity contribution in [2.24, 2.45) is 0 Å². The summed E-state index contributed by atoms with van der Waals surface area (Å²) in [5, 5.41) is 4.55. The quantitative estimate of drug-likeness (QED) is 0.615. The number of halogens is 1. The van der Waals surface area contributed by atoms with Crippen LogP contribution in [0.5, 0.6) is 0 Å². The van der Waals surface area contributed by atoms with Crippen LogP contribution in [0.25, 0.3) is 16.2 Å². The number of fused-ring (bicyclic) bond motifs is 1. The Morgan fingerprint density at radius 3 is 3.00 bits per heavy atom. The third-order valence-corrected chi connectivity index (χ3v) is 4.57. The average Bonchev–Trinajstić information content (AvgIpc) is 2.82. The summed E-state index contributed by atoms with van der Waals surface area (Å²) in [7, 11) is 0. The third-order valence-electron chi connectivity index (χ3n) is 2.91. The molecule has 112 valence electrons. The molecule has 0 fully saturated rings. The molecule has 2 aromatic rings. The first-order valence-corrected chi connectivity index (χ1v) is 8.12. The number of hydrogen-bond acceptors (Lipinski definition) is 3. The van der Waals surface area contributed by atoms with E-state index in [9.17, 15) is 4.79 Å². The van der Waals surface area contributed by atoms with Crippen LogP contribution >= 0.6 is 22.9 Å². The molecule has 5 heteroatoms. The molecule has 3 nitrogen and oxygen atoms in total. The van der Waals surface area contributed by atoms with Crippen molar-refractivity contribution in [1.82, 2.24) is 5.32 Å². The highest BCUT2D eigenvalue weighted by Gasteiger charge is 2.07. The Morgan fingerprint density at radius 2 is 2.24 bits per heavy atom. The Balaban J connectivity index is 1.90. The number of thiophene rings is 1. The van der Waals surface area contributed by atoms with Gasteiger partial charge < -0.3 is 10.1 Å². The minimum Gasteiger partial charge on any atom is -0.382 e. The van der Waals surface area contributed by atoms with Gasteiger partial charge in [-0.3, -0.25) is 4.79 Å². The fourth-order valence-electron chi connectivity index (χ4n) is 1.88. The molecule has 1 aromatic heterocycles. The second-order valence-electron chi connectivity index (χ2n) is 4.45. The van der Waals surface area contributed by atoms with Crippen molar-refractivity contribution in [1.29, 1.82) is 0 Å². The van der Waals surface area contributed by atoms with Gasteiger partial charge in [-0.2, -0.15) is 0 Å². The van der Waals surface area contributed by atoms with Crippen LogP contribution in [-0.4, -0.2) is 25.7 Å². The summed E-state index contributed by atoms with van der Waals surface area (Å²) in [5.41, 5.74) is 0. The normalized spacial score (nSPS) is 11.3. The summed E-state index contributed by atoms with van der Waals surface area (Å²) in [6.07, 6.45) is 4.11. The van der Waals surface area contributed by atoms with E-state index < -0.39 is 0 Å². The zero-order valence-corrected chi connectivity index (χ0v) is 13.5. The number of carbonyl (C=O) groups excluding carboxylic acids is 1. The van der Waals surface area contributed by atoms with Crippen molar-refractivity contribution in [3.8, 4) is 0 Å². The van der Waals surface area contributed by atoms with Crippen LogP contribution in [-0.2, 0) is 9.53 Å². The Labute approximate surface area is 133 Å². The lowest BCUT2D eigenvalue weighted by Gasteiger charge is -2.02. The van der Waals surface area contributed by atoms with E-state index in [0.717, 1.165) is 21.4 Å². The van der Waals surface area contributed by atoms with E-state index in [-0.39, 0.29) is 5.91 Å². The van der Waals surface area contributed by atoms with E-state index in [1.165, 1.54) is 6.08 Å². The van der Waals surface area contributed by atoms with Crippen molar-refractivity contribution >= 4 is 45.0 Å². The van der Waals surface area contributed by atoms with Crippen LogP contribution in [0.2, 0.25) is 5.02 Å². The zero-order valence-electron chi connectivity index (χ0n) is 11.9. The van der Waals surface area contributed by atoms with E-state index in [1.807, 2.05) is 31.2 Å². The van der Waals surface area contributed by atoms with Gasteiger partial charge in [-0.1, -0.05) is 29.8 Å². The van der Waals surface area contributed by atoms with Gasteiger partial charge in [0.05, 0.1) is 5.02 Å². The Bertz CT molecular complexity index is 636. The summed E-state index contributed by atoms with van der Waals surface area (Å²) in [6, 6.07) is 7.95. The van der Waals surface area contributed by atoms with Crippen LogP contribution in [0.15, 0.2) is 30.3 Å². The van der Waals surface area contributed by atoms with Gasteiger partial charge in [-0.05, 0) is 25.5 Å². The number of rotatable bonds is 7. The van der Waals surface area contributed by atoms with Crippen LogP contribution < -0.4 is 5.32 Å². The van der Waals surface area contributed by atoms with E-state index in [0.29, 0.717) is 24.8 Å². The summed E-state index contributed by atoms with van der Waals surface area (Å²) in [5.74, 6) is -0.111. The molecular formula is C16H18ClNO2S. The maximum Gasteiger partial charge on any atom is 0.244 e. The van der Waals surface area contributed by atoms with Gasteiger partial charge in [0.15, 0.2) is 0 Å². The monoisotopic (exact) mass is 323 g/mol. The first-order valence-electron chi connectivity index (χ1n) is 6.93. The molecule has 0 aliphatic carbocycles. The minimum absolute atomic E-state index is 0.111. The molecule has 0 radical (unpaired) electrons. The molecule has 2 rings (SSSR count). The smallest absolute Gasteiger partial charge is 0.244 e. The lowest BCUT2D eigenvalue weighted by atomic mass is 10.2. The number of hydrogen-bond donors (Lipinski definition) is 1. The van der Waals surface area contributed by atoms with Crippen LogP contribution in [0.3, 0.4) is 0 Å². The maximum atomic E-state index is 11.7. The molecule has 0 saturated heterocycles. The van der Waals surface area contributed by atoms with E-state index in [1.54, 1.807) is 17.4 Å². The van der Waals surface area contributed by atoms with E-state index in [2.05, 4.69) is 5.32 Å². The highest BCUT2D eigenvalue weighted by molar-refractivity contribution is 7.20. The summed E-state index contributed by atoms with van der Waals surface area (Å²) in [4.78, 5) is 12.6. The molecule has 0 atom stereocenters. The standard InChI is InChI=1S/C16H18ClNO2S/c1-2-20-11-5-10-18-15(19)9-8-14-16(17)12-6-3-4-7-13(12)21-14/h3-4,6-9H,2,5,10-11H2,1H3,(H,18,19). The molecule has 0 unspecified atom stereocenters. The molecule has 0 aliphatic heterocycles. The molecule has 21 heavy (non-hydrogen) atoms. The first kappa shape index (κ1) is 16.0. The van der Waals surface area contributed by atoms with Crippen molar-refractivity contribution in [2.45, 2.75) is 13.3 Å². The fourth-order valence-corrected chi connectivity index (χ4v) is 3.28. The number of benzene rings is 1. The molecule has 1 heterocycles. The molecule has 0 aliphatic rings. The van der Waals surface area contributed by atoms with Gasteiger partial charge in [0, 0.05) is 40.8 Å². The van der Waals surface area contributed by atoms with Gasteiger partial charge in [0.2, 0.25) is 5.91 Å². The Kier molecular flexibility index (Phi) is 6.23. The Morgan fingerprint density at radius 1 is 1.43 bits per heavy atom. The minimum atomic E-state index is -0.111. The molecular weight excluding hydrogens is 306 g/mol. The summed E-state index contributed by atoms with van der Waals surface area (Å²) >= 11 is 7.90. The van der Waals surface area contributed by atoms with Gasteiger partial charge >= 0.3 is 0 Å².